The number of fused-ring (bicyclic) bond motifs is 1. The van der Waals surface area contributed by atoms with Gasteiger partial charge in [0.15, 0.2) is 0 Å². The monoisotopic (exact) mass is 342 g/mol. The van der Waals surface area contributed by atoms with Crippen LogP contribution in [0, 0.1) is 10.1 Å². The van der Waals surface area contributed by atoms with Crippen LogP contribution in [0.4, 0.5) is 11.4 Å². The van der Waals surface area contributed by atoms with E-state index in [0.717, 1.165) is 18.4 Å². The van der Waals surface area contributed by atoms with E-state index in [0.29, 0.717) is 29.3 Å². The van der Waals surface area contributed by atoms with E-state index in [-0.39, 0.29) is 11.6 Å². The maximum absolute atomic E-state index is 13.2. The normalized spacial score (nSPS) is 13.1. The smallest absolute Gasteiger partial charge is 0.271 e. The summed E-state index contributed by atoms with van der Waals surface area (Å²) in [5, 5.41) is 11.1. The van der Waals surface area contributed by atoms with Gasteiger partial charge in [0.05, 0.1) is 24.8 Å². The van der Waals surface area contributed by atoms with Crippen molar-refractivity contribution in [2.45, 2.75) is 12.8 Å². The second kappa shape index (κ2) is 6.80. The van der Waals surface area contributed by atoms with Crippen LogP contribution in [-0.2, 0) is 6.42 Å². The van der Waals surface area contributed by atoms with Crippen LogP contribution in [0.15, 0.2) is 36.4 Å². The van der Waals surface area contributed by atoms with E-state index in [1.54, 1.807) is 29.2 Å². The second-order valence-corrected chi connectivity index (χ2v) is 5.67. The molecule has 1 aliphatic rings. The molecule has 7 heteroatoms. The van der Waals surface area contributed by atoms with Crippen LogP contribution in [0.5, 0.6) is 11.5 Å². The zero-order valence-electron chi connectivity index (χ0n) is 14.0. The predicted molar refractivity (Wildman–Crippen MR) is 92.6 cm³/mol. The molecule has 0 atom stereocenters. The van der Waals surface area contributed by atoms with Gasteiger partial charge in [0, 0.05) is 18.7 Å². The number of hydrogen-bond acceptors (Lipinski definition) is 5. The minimum absolute atomic E-state index is 0.0366. The molecular formula is C18H18N2O5. The van der Waals surface area contributed by atoms with Gasteiger partial charge in [0.25, 0.3) is 11.6 Å². The van der Waals surface area contributed by atoms with Gasteiger partial charge in [-0.05, 0) is 30.5 Å². The van der Waals surface area contributed by atoms with Crippen molar-refractivity contribution in [2.24, 2.45) is 0 Å². The summed E-state index contributed by atoms with van der Waals surface area (Å²) in [5.74, 6) is 0.513. The van der Waals surface area contributed by atoms with E-state index < -0.39 is 4.92 Å². The van der Waals surface area contributed by atoms with Gasteiger partial charge in [-0.1, -0.05) is 12.1 Å². The summed E-state index contributed by atoms with van der Waals surface area (Å²) in [6, 6.07) is 9.75. The molecule has 130 valence electrons. The Bertz CT molecular complexity index is 812. The Balaban J connectivity index is 2.09. The fourth-order valence-electron chi connectivity index (χ4n) is 3.08. The van der Waals surface area contributed by atoms with Gasteiger partial charge in [0.1, 0.15) is 17.1 Å². The van der Waals surface area contributed by atoms with Crippen LogP contribution in [0.25, 0.3) is 0 Å². The molecular weight excluding hydrogens is 324 g/mol. The van der Waals surface area contributed by atoms with Crippen molar-refractivity contribution in [3.05, 3.63) is 57.6 Å². The summed E-state index contributed by atoms with van der Waals surface area (Å²) in [6.07, 6.45) is 1.56. The zero-order valence-corrected chi connectivity index (χ0v) is 14.0. The van der Waals surface area contributed by atoms with Gasteiger partial charge in [-0.15, -0.1) is 0 Å². The van der Waals surface area contributed by atoms with Crippen molar-refractivity contribution in [3.8, 4) is 11.5 Å². The van der Waals surface area contributed by atoms with Gasteiger partial charge < -0.3 is 14.4 Å². The van der Waals surface area contributed by atoms with Gasteiger partial charge >= 0.3 is 0 Å². The largest absolute Gasteiger partial charge is 0.496 e. The average molecular weight is 342 g/mol. The third kappa shape index (κ3) is 3.00. The van der Waals surface area contributed by atoms with E-state index in [4.69, 9.17) is 9.47 Å². The highest BCUT2D eigenvalue weighted by molar-refractivity contribution is 6.10. The number of rotatable bonds is 4. The molecule has 0 N–H and O–H groups in total. The Morgan fingerprint density at radius 2 is 1.84 bits per heavy atom. The van der Waals surface area contributed by atoms with Crippen molar-refractivity contribution < 1.29 is 19.2 Å². The molecule has 0 aliphatic carbocycles. The lowest BCUT2D eigenvalue weighted by atomic mass is 9.99. The standard InChI is InChI=1S/C18H18N2O5/c1-24-15-6-3-7-16(25-2)17(15)18(21)19-10-4-5-12-8-9-13(20(22)23)11-14(12)19/h3,6-9,11H,4-5,10H2,1-2H3. The zero-order chi connectivity index (χ0) is 18.0. The number of anilines is 1. The average Bonchev–Trinajstić information content (AvgIpc) is 2.65. The number of nitrogens with zero attached hydrogens (tertiary/aromatic N) is 2. The number of methoxy groups -OCH3 is 2. The first-order chi connectivity index (χ1) is 12.1. The van der Waals surface area contributed by atoms with Crippen molar-refractivity contribution in [1.82, 2.24) is 0 Å². The van der Waals surface area contributed by atoms with Crippen LogP contribution < -0.4 is 14.4 Å². The van der Waals surface area contributed by atoms with Crippen LogP contribution in [0.2, 0.25) is 0 Å². The lowest BCUT2D eigenvalue weighted by Gasteiger charge is -2.30. The molecule has 0 unspecified atom stereocenters. The second-order valence-electron chi connectivity index (χ2n) is 5.67. The Morgan fingerprint density at radius 3 is 2.44 bits per heavy atom. The number of nitro groups is 1. The van der Waals surface area contributed by atoms with Crippen molar-refractivity contribution >= 4 is 17.3 Å². The number of aryl methyl sites for hydroxylation is 1. The van der Waals surface area contributed by atoms with E-state index in [9.17, 15) is 14.9 Å². The summed E-state index contributed by atoms with van der Waals surface area (Å²) in [5.41, 5.74) is 1.76. The SMILES string of the molecule is COc1cccc(OC)c1C(=O)N1CCCc2ccc([N+](=O)[O-])cc21. The first-order valence-corrected chi connectivity index (χ1v) is 7.87. The molecule has 25 heavy (non-hydrogen) atoms. The predicted octanol–water partition coefficient (Wildman–Crippen LogP) is 3.21. The van der Waals surface area contributed by atoms with Crippen LogP contribution in [0.1, 0.15) is 22.3 Å². The van der Waals surface area contributed by atoms with Crippen molar-refractivity contribution in [1.29, 1.82) is 0 Å². The molecule has 1 heterocycles. The summed E-state index contributed by atoms with van der Waals surface area (Å²) in [7, 11) is 2.97. The van der Waals surface area contributed by atoms with E-state index in [1.165, 1.54) is 26.4 Å². The quantitative estimate of drug-likeness (QED) is 0.629. The number of carbonyl (C=O) groups excluding carboxylic acids is 1. The molecule has 0 saturated carbocycles. The summed E-state index contributed by atoms with van der Waals surface area (Å²) >= 11 is 0. The topological polar surface area (TPSA) is 81.9 Å². The van der Waals surface area contributed by atoms with Gasteiger partial charge in [-0.3, -0.25) is 14.9 Å². The Morgan fingerprint density at radius 1 is 1.16 bits per heavy atom. The minimum atomic E-state index is -0.457. The fourth-order valence-corrected chi connectivity index (χ4v) is 3.08. The Labute approximate surface area is 144 Å². The van der Waals surface area contributed by atoms with Crippen LogP contribution >= 0.6 is 0 Å². The minimum Gasteiger partial charge on any atom is -0.496 e. The molecule has 0 spiro atoms. The number of amides is 1. The van der Waals surface area contributed by atoms with E-state index in [2.05, 4.69) is 0 Å². The molecule has 3 rings (SSSR count). The molecule has 7 nitrogen and oxygen atoms in total. The number of ether oxygens (including phenoxy) is 2. The number of non-ortho nitro benzene ring substituents is 1. The highest BCUT2D eigenvalue weighted by Gasteiger charge is 2.29. The maximum Gasteiger partial charge on any atom is 0.271 e. The molecule has 0 bridgehead atoms. The molecule has 1 aliphatic heterocycles. The number of benzene rings is 2. The highest BCUT2D eigenvalue weighted by Crippen LogP contribution is 2.35. The van der Waals surface area contributed by atoms with E-state index in [1.807, 2.05) is 0 Å². The Hall–Kier alpha value is -3.09. The van der Waals surface area contributed by atoms with Gasteiger partial charge in [-0.25, -0.2) is 0 Å². The van der Waals surface area contributed by atoms with Crippen molar-refractivity contribution in [3.63, 3.8) is 0 Å². The molecule has 0 radical (unpaired) electrons. The first-order valence-electron chi connectivity index (χ1n) is 7.87. The molecule has 0 aromatic heterocycles. The van der Waals surface area contributed by atoms with E-state index >= 15 is 0 Å². The Kier molecular flexibility index (Phi) is 4.56. The van der Waals surface area contributed by atoms with Crippen LogP contribution in [0.3, 0.4) is 0 Å². The summed E-state index contributed by atoms with van der Waals surface area (Å²) in [4.78, 5) is 25.4. The summed E-state index contributed by atoms with van der Waals surface area (Å²) < 4.78 is 10.6. The molecule has 0 fully saturated rings. The number of carbonyl (C=O) groups is 1. The lowest BCUT2D eigenvalue weighted by Crippen LogP contribution is -2.36. The fraction of sp³-hybridized carbons (Fsp3) is 0.278. The number of hydrogen-bond donors (Lipinski definition) is 0. The number of nitro benzene ring substituents is 1. The molecule has 2 aromatic carbocycles. The third-order valence-electron chi connectivity index (χ3n) is 4.29. The van der Waals surface area contributed by atoms with Crippen LogP contribution in [-0.4, -0.2) is 31.6 Å². The first kappa shape index (κ1) is 16.8. The van der Waals surface area contributed by atoms with Gasteiger partial charge in [0.2, 0.25) is 0 Å². The molecule has 1 amide bonds. The highest BCUT2D eigenvalue weighted by atomic mass is 16.6. The lowest BCUT2D eigenvalue weighted by molar-refractivity contribution is -0.384. The third-order valence-corrected chi connectivity index (χ3v) is 4.29. The molecule has 0 saturated heterocycles. The molecule has 2 aromatic rings. The van der Waals surface area contributed by atoms with Crippen molar-refractivity contribution in [2.75, 3.05) is 25.7 Å². The van der Waals surface area contributed by atoms with Gasteiger partial charge in [-0.2, -0.15) is 0 Å². The summed E-state index contributed by atoms with van der Waals surface area (Å²) in [6.45, 7) is 0.480. The maximum atomic E-state index is 13.2.